The van der Waals surface area contributed by atoms with Crippen LogP contribution < -0.4 is 10.2 Å². The van der Waals surface area contributed by atoms with Crippen LogP contribution >= 0.6 is 15.9 Å². The first kappa shape index (κ1) is 16.8. The molecule has 3 nitrogen and oxygen atoms in total. The Kier molecular flexibility index (Phi) is 6.08. The van der Waals surface area contributed by atoms with Gasteiger partial charge >= 0.3 is 0 Å². The number of rotatable bonds is 4. The van der Waals surface area contributed by atoms with Crippen molar-refractivity contribution in [2.24, 2.45) is 0 Å². The number of anilines is 1. The number of halogens is 1. The van der Waals surface area contributed by atoms with Crippen molar-refractivity contribution in [1.82, 2.24) is 10.2 Å². The second-order valence-electron chi connectivity index (χ2n) is 6.15. The highest BCUT2D eigenvalue weighted by Gasteiger charge is 2.21. The van der Waals surface area contributed by atoms with Crippen LogP contribution in [-0.4, -0.2) is 44.2 Å². The van der Waals surface area contributed by atoms with Gasteiger partial charge in [-0.25, -0.2) is 0 Å². The quantitative estimate of drug-likeness (QED) is 0.891. The largest absolute Gasteiger partial charge is 0.367 e. The summed E-state index contributed by atoms with van der Waals surface area (Å²) in [6.45, 7) is 11.1. The summed E-state index contributed by atoms with van der Waals surface area (Å²) in [4.78, 5) is 4.97. The zero-order valence-electron chi connectivity index (χ0n) is 13.7. The number of likely N-dealkylation sites (N-methyl/N-ethyl adjacent to an activating group) is 1. The van der Waals surface area contributed by atoms with Crippen LogP contribution in [-0.2, 0) is 0 Å². The zero-order chi connectivity index (χ0) is 15.4. The molecule has 21 heavy (non-hydrogen) atoms. The molecule has 2 unspecified atom stereocenters. The van der Waals surface area contributed by atoms with Crippen molar-refractivity contribution < 1.29 is 0 Å². The van der Waals surface area contributed by atoms with Crippen LogP contribution in [0.1, 0.15) is 38.8 Å². The van der Waals surface area contributed by atoms with Gasteiger partial charge in [-0.1, -0.05) is 13.0 Å². The number of benzene rings is 1. The van der Waals surface area contributed by atoms with Gasteiger partial charge < -0.3 is 15.1 Å². The number of hydrogen-bond donors (Lipinski definition) is 1. The first-order valence-corrected chi connectivity index (χ1v) is 8.80. The highest BCUT2D eigenvalue weighted by Crippen LogP contribution is 2.31. The lowest BCUT2D eigenvalue weighted by atomic mass is 10.1. The normalized spacial score (nSPS) is 22.1. The fraction of sp³-hybridized carbons (Fsp3) is 0.647. The molecule has 0 radical (unpaired) electrons. The highest BCUT2D eigenvalue weighted by atomic mass is 79.9. The summed E-state index contributed by atoms with van der Waals surface area (Å²) in [7, 11) is 2.22. The molecule has 0 bridgehead atoms. The first-order valence-electron chi connectivity index (χ1n) is 8.01. The third kappa shape index (κ3) is 4.21. The van der Waals surface area contributed by atoms with E-state index in [1.54, 1.807) is 0 Å². The van der Waals surface area contributed by atoms with E-state index in [9.17, 15) is 0 Å². The molecule has 1 aromatic carbocycles. The van der Waals surface area contributed by atoms with E-state index in [0.717, 1.165) is 19.6 Å². The molecule has 0 aliphatic carbocycles. The van der Waals surface area contributed by atoms with E-state index in [-0.39, 0.29) is 0 Å². The molecule has 1 aliphatic heterocycles. The molecule has 1 saturated heterocycles. The van der Waals surface area contributed by atoms with Gasteiger partial charge in [0.15, 0.2) is 0 Å². The van der Waals surface area contributed by atoms with E-state index in [1.165, 1.54) is 28.7 Å². The van der Waals surface area contributed by atoms with Crippen molar-refractivity contribution in [3.63, 3.8) is 0 Å². The molecule has 0 amide bonds. The maximum Gasteiger partial charge on any atom is 0.0513 e. The predicted octanol–water partition coefficient (Wildman–Crippen LogP) is 3.65. The first-order chi connectivity index (χ1) is 10.0. The molecule has 1 heterocycles. The van der Waals surface area contributed by atoms with Crippen molar-refractivity contribution in [2.75, 3.05) is 38.1 Å². The van der Waals surface area contributed by atoms with Gasteiger partial charge in [-0.3, -0.25) is 0 Å². The summed E-state index contributed by atoms with van der Waals surface area (Å²) < 4.78 is 1.21. The van der Waals surface area contributed by atoms with E-state index in [0.29, 0.717) is 12.1 Å². The SMILES string of the molecule is CCNC(C)c1ccc(N2CCCN(C)CC2C)c(Br)c1. The van der Waals surface area contributed by atoms with Gasteiger partial charge in [0.1, 0.15) is 0 Å². The van der Waals surface area contributed by atoms with Gasteiger partial charge in [0.25, 0.3) is 0 Å². The Bertz CT molecular complexity index is 463. The second kappa shape index (κ2) is 7.61. The third-order valence-electron chi connectivity index (χ3n) is 4.34. The van der Waals surface area contributed by atoms with Crippen LogP contribution in [0.15, 0.2) is 22.7 Å². The summed E-state index contributed by atoms with van der Waals surface area (Å²) in [5.74, 6) is 0. The minimum atomic E-state index is 0.396. The second-order valence-corrected chi connectivity index (χ2v) is 7.00. The molecular formula is C17H28BrN3. The lowest BCUT2D eigenvalue weighted by molar-refractivity contribution is 0.337. The molecule has 1 aliphatic rings. The Morgan fingerprint density at radius 2 is 2.14 bits per heavy atom. The average Bonchev–Trinajstić information content (AvgIpc) is 2.60. The van der Waals surface area contributed by atoms with Gasteiger partial charge in [-0.15, -0.1) is 0 Å². The van der Waals surface area contributed by atoms with E-state index in [1.807, 2.05) is 0 Å². The van der Waals surface area contributed by atoms with Gasteiger partial charge in [-0.2, -0.15) is 0 Å². The van der Waals surface area contributed by atoms with Crippen molar-refractivity contribution >= 4 is 21.6 Å². The Labute approximate surface area is 137 Å². The molecule has 2 rings (SSSR count). The standard InChI is InChI=1S/C17H28BrN3/c1-5-19-14(3)15-7-8-17(16(18)11-15)21-10-6-9-20(4)12-13(21)2/h7-8,11,13-14,19H,5-6,9-10,12H2,1-4H3. The summed E-state index contributed by atoms with van der Waals surface area (Å²) in [5, 5.41) is 3.47. The molecule has 1 aromatic rings. The smallest absolute Gasteiger partial charge is 0.0513 e. The summed E-state index contributed by atoms with van der Waals surface area (Å²) in [6.07, 6.45) is 1.23. The van der Waals surface area contributed by atoms with Gasteiger partial charge in [-0.05, 0) is 74.0 Å². The molecular weight excluding hydrogens is 326 g/mol. The number of nitrogens with zero attached hydrogens (tertiary/aromatic N) is 2. The van der Waals surface area contributed by atoms with E-state index >= 15 is 0 Å². The number of nitrogens with one attached hydrogen (secondary N) is 1. The van der Waals surface area contributed by atoms with Gasteiger partial charge in [0.05, 0.1) is 5.69 Å². The molecule has 0 saturated carbocycles. The lowest BCUT2D eigenvalue weighted by Crippen LogP contribution is -2.38. The molecule has 1 fully saturated rings. The summed E-state index contributed by atoms with van der Waals surface area (Å²) in [5.41, 5.74) is 2.66. The highest BCUT2D eigenvalue weighted by molar-refractivity contribution is 9.10. The maximum absolute atomic E-state index is 3.79. The van der Waals surface area contributed by atoms with Gasteiger partial charge in [0.2, 0.25) is 0 Å². The van der Waals surface area contributed by atoms with Crippen molar-refractivity contribution in [3.05, 3.63) is 28.2 Å². The van der Waals surface area contributed by atoms with E-state index in [4.69, 9.17) is 0 Å². The molecule has 1 N–H and O–H groups in total. The summed E-state index contributed by atoms with van der Waals surface area (Å²) in [6, 6.07) is 7.74. The Morgan fingerprint density at radius 1 is 1.38 bits per heavy atom. The van der Waals surface area contributed by atoms with Crippen molar-refractivity contribution in [3.8, 4) is 0 Å². The molecule has 0 spiro atoms. The Morgan fingerprint density at radius 3 is 2.81 bits per heavy atom. The van der Waals surface area contributed by atoms with Gasteiger partial charge in [0, 0.05) is 29.6 Å². The maximum atomic E-state index is 3.79. The molecule has 0 aromatic heterocycles. The fourth-order valence-electron chi connectivity index (χ4n) is 3.18. The van der Waals surface area contributed by atoms with Crippen molar-refractivity contribution in [1.29, 1.82) is 0 Å². The molecule has 4 heteroatoms. The van der Waals surface area contributed by atoms with Crippen LogP contribution in [0, 0.1) is 0 Å². The fourth-order valence-corrected chi connectivity index (χ4v) is 3.80. The summed E-state index contributed by atoms with van der Waals surface area (Å²) >= 11 is 3.79. The zero-order valence-corrected chi connectivity index (χ0v) is 15.3. The van der Waals surface area contributed by atoms with E-state index in [2.05, 4.69) is 77.1 Å². The van der Waals surface area contributed by atoms with Crippen LogP contribution in [0.4, 0.5) is 5.69 Å². The number of hydrogen-bond acceptors (Lipinski definition) is 3. The topological polar surface area (TPSA) is 18.5 Å². The minimum absolute atomic E-state index is 0.396. The predicted molar refractivity (Wildman–Crippen MR) is 95.2 cm³/mol. The van der Waals surface area contributed by atoms with E-state index < -0.39 is 0 Å². The van der Waals surface area contributed by atoms with Crippen LogP contribution in [0.5, 0.6) is 0 Å². The Hall–Kier alpha value is -0.580. The minimum Gasteiger partial charge on any atom is -0.367 e. The van der Waals surface area contributed by atoms with Crippen LogP contribution in [0.25, 0.3) is 0 Å². The lowest BCUT2D eigenvalue weighted by Gasteiger charge is -2.31. The third-order valence-corrected chi connectivity index (χ3v) is 4.97. The monoisotopic (exact) mass is 353 g/mol. The molecule has 2 atom stereocenters. The Balaban J connectivity index is 2.19. The average molecular weight is 354 g/mol. The van der Waals surface area contributed by atoms with Crippen LogP contribution in [0.3, 0.4) is 0 Å². The van der Waals surface area contributed by atoms with Crippen molar-refractivity contribution in [2.45, 2.75) is 39.3 Å². The molecule has 118 valence electrons. The van der Waals surface area contributed by atoms with Crippen LogP contribution in [0.2, 0.25) is 0 Å².